The van der Waals surface area contributed by atoms with E-state index in [1.165, 1.54) is 12.8 Å². The maximum absolute atomic E-state index is 12.9. The molecule has 0 amide bonds. The topological polar surface area (TPSA) is 49.8 Å². The van der Waals surface area contributed by atoms with Crippen molar-refractivity contribution in [2.75, 3.05) is 13.1 Å². The highest BCUT2D eigenvalue weighted by molar-refractivity contribution is 6.15. The molecule has 2 heterocycles. The third-order valence-corrected chi connectivity index (χ3v) is 5.28. The number of carbonyl (C=O) groups excluding carboxylic acids is 1. The zero-order valence-corrected chi connectivity index (χ0v) is 15.2. The van der Waals surface area contributed by atoms with Crippen LogP contribution in [0.3, 0.4) is 0 Å². The number of phenols is 1. The second kappa shape index (κ2) is 6.61. The number of carbonyl (C=O) groups is 1. The van der Waals surface area contributed by atoms with Crippen LogP contribution in [0.2, 0.25) is 0 Å². The lowest BCUT2D eigenvalue weighted by Crippen LogP contribution is -2.19. The summed E-state index contributed by atoms with van der Waals surface area (Å²) in [5.41, 5.74) is 4.10. The van der Waals surface area contributed by atoms with Crippen molar-refractivity contribution in [1.29, 1.82) is 0 Å². The predicted molar refractivity (Wildman–Crippen MR) is 101 cm³/mol. The molecule has 4 nitrogen and oxygen atoms in total. The van der Waals surface area contributed by atoms with Gasteiger partial charge in [-0.3, -0.25) is 9.69 Å². The lowest BCUT2D eigenvalue weighted by Gasteiger charge is -2.18. The molecule has 2 aliphatic heterocycles. The van der Waals surface area contributed by atoms with Gasteiger partial charge in [0.05, 0.1) is 11.1 Å². The Balaban J connectivity index is 1.75. The number of ether oxygens (including phenoxy) is 1. The first kappa shape index (κ1) is 16.9. The van der Waals surface area contributed by atoms with Gasteiger partial charge in [0.15, 0.2) is 5.76 Å². The number of nitrogens with zero attached hydrogens (tertiary/aromatic N) is 1. The molecule has 1 fully saturated rings. The first-order valence-corrected chi connectivity index (χ1v) is 9.12. The Morgan fingerprint density at radius 1 is 1.15 bits per heavy atom. The Kier molecular flexibility index (Phi) is 4.29. The van der Waals surface area contributed by atoms with E-state index in [0.29, 0.717) is 29.2 Å². The smallest absolute Gasteiger partial charge is 0.232 e. The highest BCUT2D eigenvalue weighted by atomic mass is 16.5. The van der Waals surface area contributed by atoms with Gasteiger partial charge in [0.25, 0.3) is 0 Å². The molecular formula is C22H23NO3. The van der Waals surface area contributed by atoms with Crippen molar-refractivity contribution in [2.24, 2.45) is 0 Å². The number of fused-ring (bicyclic) bond motifs is 1. The van der Waals surface area contributed by atoms with Crippen LogP contribution in [0.15, 0.2) is 36.1 Å². The summed E-state index contributed by atoms with van der Waals surface area (Å²) < 4.78 is 6.01. The van der Waals surface area contributed by atoms with Crippen molar-refractivity contribution >= 4 is 11.9 Å². The van der Waals surface area contributed by atoms with Crippen molar-refractivity contribution in [3.05, 3.63) is 63.9 Å². The van der Waals surface area contributed by atoms with Crippen LogP contribution >= 0.6 is 0 Å². The summed E-state index contributed by atoms with van der Waals surface area (Å²) in [6.45, 7) is 6.49. The molecule has 2 aliphatic rings. The Hall–Kier alpha value is -2.59. The van der Waals surface area contributed by atoms with Crippen LogP contribution in [0.5, 0.6) is 11.5 Å². The predicted octanol–water partition coefficient (Wildman–Crippen LogP) is 4.22. The van der Waals surface area contributed by atoms with E-state index in [2.05, 4.69) is 4.90 Å². The second-order valence-corrected chi connectivity index (χ2v) is 7.17. The van der Waals surface area contributed by atoms with Crippen LogP contribution in [-0.2, 0) is 6.54 Å². The summed E-state index contributed by atoms with van der Waals surface area (Å²) >= 11 is 0. The molecule has 2 aromatic carbocycles. The zero-order valence-electron chi connectivity index (χ0n) is 15.2. The first-order chi connectivity index (χ1) is 12.5. The van der Waals surface area contributed by atoms with Crippen molar-refractivity contribution in [3.63, 3.8) is 0 Å². The number of rotatable bonds is 3. The quantitative estimate of drug-likeness (QED) is 0.843. The van der Waals surface area contributed by atoms with E-state index in [1.54, 1.807) is 12.1 Å². The third kappa shape index (κ3) is 2.90. The van der Waals surface area contributed by atoms with Crippen LogP contribution in [0.1, 0.15) is 45.5 Å². The number of benzene rings is 2. The minimum Gasteiger partial charge on any atom is -0.507 e. The van der Waals surface area contributed by atoms with Gasteiger partial charge in [0.1, 0.15) is 11.5 Å². The van der Waals surface area contributed by atoms with Gasteiger partial charge in [0, 0.05) is 6.54 Å². The number of ketones is 1. The first-order valence-electron chi connectivity index (χ1n) is 9.12. The molecule has 0 atom stereocenters. The van der Waals surface area contributed by atoms with Gasteiger partial charge >= 0.3 is 0 Å². The summed E-state index contributed by atoms with van der Waals surface area (Å²) in [5, 5.41) is 10.5. The van der Waals surface area contributed by atoms with E-state index in [4.69, 9.17) is 4.74 Å². The Labute approximate surface area is 153 Å². The Morgan fingerprint density at radius 2 is 1.88 bits per heavy atom. The molecule has 0 unspecified atom stereocenters. The number of aromatic hydroxyl groups is 1. The highest BCUT2D eigenvalue weighted by Crippen LogP contribution is 2.42. The van der Waals surface area contributed by atoms with E-state index in [1.807, 2.05) is 38.1 Å². The molecule has 134 valence electrons. The van der Waals surface area contributed by atoms with Crippen molar-refractivity contribution in [3.8, 4) is 11.5 Å². The van der Waals surface area contributed by atoms with E-state index in [9.17, 15) is 9.90 Å². The van der Waals surface area contributed by atoms with E-state index in [-0.39, 0.29) is 11.5 Å². The lowest BCUT2D eigenvalue weighted by atomic mass is 9.99. The van der Waals surface area contributed by atoms with Gasteiger partial charge in [-0.05, 0) is 68.6 Å². The maximum Gasteiger partial charge on any atom is 0.232 e. The molecule has 4 heteroatoms. The van der Waals surface area contributed by atoms with Crippen molar-refractivity contribution in [1.82, 2.24) is 4.90 Å². The molecule has 1 saturated heterocycles. The number of aryl methyl sites for hydroxylation is 2. The molecule has 0 radical (unpaired) electrons. The van der Waals surface area contributed by atoms with Crippen molar-refractivity contribution in [2.45, 2.75) is 33.2 Å². The fourth-order valence-electron chi connectivity index (χ4n) is 3.79. The molecule has 2 aromatic rings. The number of likely N-dealkylation sites (tertiary alicyclic amines) is 1. The maximum atomic E-state index is 12.9. The van der Waals surface area contributed by atoms with Crippen LogP contribution in [0.4, 0.5) is 0 Å². The number of allylic oxidation sites excluding steroid dienone is 1. The fourth-order valence-corrected chi connectivity index (χ4v) is 3.79. The second-order valence-electron chi connectivity index (χ2n) is 7.17. The van der Waals surface area contributed by atoms with Crippen LogP contribution in [-0.4, -0.2) is 28.9 Å². The van der Waals surface area contributed by atoms with Crippen LogP contribution in [0, 0.1) is 13.8 Å². The summed E-state index contributed by atoms with van der Waals surface area (Å²) in [6, 6.07) is 9.58. The largest absolute Gasteiger partial charge is 0.507 e. The van der Waals surface area contributed by atoms with Crippen LogP contribution in [0.25, 0.3) is 6.08 Å². The zero-order chi connectivity index (χ0) is 18.3. The molecule has 0 bridgehead atoms. The normalized spacial score (nSPS) is 18.4. The van der Waals surface area contributed by atoms with E-state index < -0.39 is 0 Å². The standard InChI is InChI=1S/C22H23NO3/c1-14-7-3-4-8-16(14)12-19-21(25)20-15(2)11-18(24)17(22(20)26-19)13-23-9-5-6-10-23/h3-4,7-8,11-12,24H,5-6,9-10,13H2,1-2H3/b19-12-. The van der Waals surface area contributed by atoms with Gasteiger partial charge in [-0.1, -0.05) is 24.3 Å². The Morgan fingerprint density at radius 3 is 2.62 bits per heavy atom. The summed E-state index contributed by atoms with van der Waals surface area (Å²) in [7, 11) is 0. The highest BCUT2D eigenvalue weighted by Gasteiger charge is 2.34. The molecule has 0 aromatic heterocycles. The Bertz CT molecular complexity index is 908. The van der Waals surface area contributed by atoms with Crippen molar-refractivity contribution < 1.29 is 14.6 Å². The fraction of sp³-hybridized carbons (Fsp3) is 0.318. The number of Topliss-reactive ketones (excluding diaryl/α,β-unsaturated/α-hetero) is 1. The SMILES string of the molecule is Cc1ccccc1/C=C1\Oc2c(CN3CCCC3)c(O)cc(C)c2C1=O. The average molecular weight is 349 g/mol. The molecule has 0 spiro atoms. The molecule has 0 saturated carbocycles. The molecular weight excluding hydrogens is 326 g/mol. The number of phenolic OH excluding ortho intramolecular Hbond substituents is 1. The van der Waals surface area contributed by atoms with Gasteiger partial charge in [-0.15, -0.1) is 0 Å². The average Bonchev–Trinajstić information content (AvgIpc) is 3.22. The minimum atomic E-state index is -0.108. The molecule has 1 N–H and O–H groups in total. The molecule has 26 heavy (non-hydrogen) atoms. The number of hydrogen-bond acceptors (Lipinski definition) is 4. The lowest BCUT2D eigenvalue weighted by molar-refractivity contribution is 0.101. The third-order valence-electron chi connectivity index (χ3n) is 5.28. The van der Waals surface area contributed by atoms with E-state index in [0.717, 1.165) is 29.8 Å². The van der Waals surface area contributed by atoms with Gasteiger partial charge in [-0.25, -0.2) is 0 Å². The van der Waals surface area contributed by atoms with Gasteiger partial charge in [-0.2, -0.15) is 0 Å². The van der Waals surface area contributed by atoms with E-state index >= 15 is 0 Å². The summed E-state index contributed by atoms with van der Waals surface area (Å²) in [4.78, 5) is 15.2. The van der Waals surface area contributed by atoms with Gasteiger partial charge < -0.3 is 9.84 Å². The monoisotopic (exact) mass is 349 g/mol. The van der Waals surface area contributed by atoms with Gasteiger partial charge in [0.2, 0.25) is 5.78 Å². The number of hydrogen-bond donors (Lipinski definition) is 1. The molecule has 4 rings (SSSR count). The summed E-state index contributed by atoms with van der Waals surface area (Å²) in [6.07, 6.45) is 4.15. The molecule has 0 aliphatic carbocycles. The van der Waals surface area contributed by atoms with Crippen LogP contribution < -0.4 is 4.74 Å². The minimum absolute atomic E-state index is 0.108. The summed E-state index contributed by atoms with van der Waals surface area (Å²) in [5.74, 6) is 0.950.